The van der Waals surface area contributed by atoms with Crippen LogP contribution in [0.2, 0.25) is 0 Å². The molecule has 0 bridgehead atoms. The van der Waals surface area contributed by atoms with Crippen molar-refractivity contribution in [1.29, 1.82) is 0 Å². The number of hydrogen-bond donors (Lipinski definition) is 2. The lowest BCUT2D eigenvalue weighted by atomic mass is 10.1. The summed E-state index contributed by atoms with van der Waals surface area (Å²) in [6, 6.07) is 13.2. The highest BCUT2D eigenvalue weighted by Crippen LogP contribution is 2.28. The number of nitrogens with one attached hydrogen (secondary N) is 1. The van der Waals surface area contributed by atoms with Crippen LogP contribution >= 0.6 is 0 Å². The number of aliphatic hydroxyl groups is 1. The summed E-state index contributed by atoms with van der Waals surface area (Å²) >= 11 is 0. The molecule has 1 heterocycles. The number of para-hydroxylation sites is 1. The van der Waals surface area contributed by atoms with E-state index in [2.05, 4.69) is 18.5 Å². The van der Waals surface area contributed by atoms with Crippen molar-refractivity contribution in [3.8, 4) is 11.5 Å². The van der Waals surface area contributed by atoms with E-state index in [-0.39, 0.29) is 5.78 Å². The molecule has 0 saturated heterocycles. The number of ketones is 1. The number of carbonyl (C=O) groups is 1. The fourth-order valence-electron chi connectivity index (χ4n) is 4.08. The number of fused-ring (bicyclic) bond motifs is 1. The Hall–Kier alpha value is -3.09. The first-order valence-electron chi connectivity index (χ1n) is 11.5. The van der Waals surface area contributed by atoms with E-state index < -0.39 is 6.10 Å². The molecular formula is C27H35N2O4+. The van der Waals surface area contributed by atoms with E-state index in [1.807, 2.05) is 36.5 Å². The Balaban J connectivity index is 1.79. The molecule has 0 aliphatic rings. The molecule has 176 valence electrons. The lowest BCUT2D eigenvalue weighted by Crippen LogP contribution is -3.10. The van der Waals surface area contributed by atoms with Gasteiger partial charge in [-0.05, 0) is 42.8 Å². The Morgan fingerprint density at radius 3 is 2.64 bits per heavy atom. The second-order valence-electron chi connectivity index (χ2n) is 8.44. The fraction of sp³-hybridized carbons (Fsp3) is 0.370. The van der Waals surface area contributed by atoms with Gasteiger partial charge in [-0.2, -0.15) is 0 Å². The van der Waals surface area contributed by atoms with Gasteiger partial charge in [0, 0.05) is 28.2 Å². The van der Waals surface area contributed by atoms with Crippen molar-refractivity contribution in [3.05, 3.63) is 65.9 Å². The highest BCUT2D eigenvalue weighted by Gasteiger charge is 2.15. The van der Waals surface area contributed by atoms with Crippen LogP contribution in [-0.2, 0) is 6.54 Å². The van der Waals surface area contributed by atoms with Crippen LogP contribution in [0.15, 0.2) is 54.7 Å². The first-order valence-corrected chi connectivity index (χ1v) is 11.5. The maximum atomic E-state index is 12.8. The maximum absolute atomic E-state index is 12.8. The molecule has 2 N–H and O–H groups in total. The first-order chi connectivity index (χ1) is 16.0. The van der Waals surface area contributed by atoms with Crippen LogP contribution in [0.5, 0.6) is 11.5 Å². The number of nitrogens with zero attached hydrogens (tertiary/aromatic N) is 1. The van der Waals surface area contributed by atoms with E-state index in [9.17, 15) is 9.90 Å². The van der Waals surface area contributed by atoms with E-state index in [4.69, 9.17) is 9.47 Å². The number of rotatable bonds is 12. The average molecular weight is 452 g/mol. The number of carbonyl (C=O) groups excluding carboxylic acids is 1. The molecule has 6 nitrogen and oxygen atoms in total. The summed E-state index contributed by atoms with van der Waals surface area (Å²) < 4.78 is 12.6. The largest absolute Gasteiger partial charge is 0.493 e. The number of allylic oxidation sites excluding steroid dienone is 1. The van der Waals surface area contributed by atoms with Crippen molar-refractivity contribution in [1.82, 2.24) is 4.57 Å². The van der Waals surface area contributed by atoms with Gasteiger partial charge in [-0.1, -0.05) is 31.5 Å². The van der Waals surface area contributed by atoms with E-state index in [0.29, 0.717) is 30.2 Å². The molecule has 0 radical (unpaired) electrons. The second-order valence-corrected chi connectivity index (χ2v) is 8.44. The van der Waals surface area contributed by atoms with Crippen LogP contribution in [0.4, 0.5) is 0 Å². The van der Waals surface area contributed by atoms with Gasteiger partial charge in [-0.25, -0.2) is 0 Å². The molecule has 2 atom stereocenters. The Kier molecular flexibility index (Phi) is 8.69. The number of quaternary nitrogens is 1. The van der Waals surface area contributed by atoms with E-state index in [1.165, 1.54) is 4.90 Å². The predicted molar refractivity (Wildman–Crippen MR) is 132 cm³/mol. The molecular weight excluding hydrogens is 416 g/mol. The molecule has 1 unspecified atom stereocenters. The topological polar surface area (TPSA) is 65.1 Å². The highest BCUT2D eigenvalue weighted by atomic mass is 16.5. The van der Waals surface area contributed by atoms with Crippen molar-refractivity contribution in [2.24, 2.45) is 0 Å². The summed E-state index contributed by atoms with van der Waals surface area (Å²) in [5.74, 6) is 0.990. The minimum atomic E-state index is -0.442. The maximum Gasteiger partial charge on any atom is 0.185 e. The van der Waals surface area contributed by atoms with Gasteiger partial charge in [0.25, 0.3) is 0 Å². The highest BCUT2D eigenvalue weighted by molar-refractivity contribution is 6.08. The normalized spacial score (nSPS) is 13.4. The fourth-order valence-corrected chi connectivity index (χ4v) is 4.08. The third-order valence-corrected chi connectivity index (χ3v) is 5.85. The van der Waals surface area contributed by atoms with Crippen molar-refractivity contribution in [2.75, 3.05) is 34.4 Å². The van der Waals surface area contributed by atoms with Crippen molar-refractivity contribution in [2.45, 2.75) is 32.4 Å². The Bertz CT molecular complexity index is 1100. The summed E-state index contributed by atoms with van der Waals surface area (Å²) in [4.78, 5) is 14.1. The molecule has 33 heavy (non-hydrogen) atoms. The van der Waals surface area contributed by atoms with Crippen LogP contribution < -0.4 is 14.4 Å². The number of hydrogen-bond acceptors (Lipinski definition) is 4. The molecule has 0 amide bonds. The molecule has 2 aromatic carbocycles. The smallest absolute Gasteiger partial charge is 0.185 e. The Labute approximate surface area is 196 Å². The van der Waals surface area contributed by atoms with Gasteiger partial charge < -0.3 is 24.0 Å². The van der Waals surface area contributed by atoms with E-state index >= 15 is 0 Å². The third-order valence-electron chi connectivity index (χ3n) is 5.85. The summed E-state index contributed by atoms with van der Waals surface area (Å²) in [6.45, 7) is 4.46. The summed E-state index contributed by atoms with van der Waals surface area (Å²) in [6.07, 6.45) is 7.30. The molecule has 3 rings (SSSR count). The first kappa shape index (κ1) is 24.6. The number of aromatic nitrogens is 1. The van der Waals surface area contributed by atoms with Gasteiger partial charge in [-0.15, -0.1) is 0 Å². The Morgan fingerprint density at radius 1 is 1.15 bits per heavy atom. The second kappa shape index (κ2) is 11.7. The van der Waals surface area contributed by atoms with E-state index in [1.54, 1.807) is 38.5 Å². The molecule has 6 heteroatoms. The zero-order chi connectivity index (χ0) is 23.8. The van der Waals surface area contributed by atoms with Gasteiger partial charge in [0.2, 0.25) is 0 Å². The predicted octanol–water partition coefficient (Wildman–Crippen LogP) is 3.23. The van der Waals surface area contributed by atoms with Gasteiger partial charge in [-0.3, -0.25) is 4.79 Å². The lowest BCUT2D eigenvalue weighted by Gasteiger charge is -2.18. The summed E-state index contributed by atoms with van der Waals surface area (Å²) in [7, 11) is 5.24. The standard InChI is InChI=1S/C27H34N2O4/c1-5-6-15-28(2)18-22(30)19-29-17-21(23-9-7-8-10-24(23)29)11-13-25(31)20-12-14-26(32-3)27(16-20)33-4/h7-14,16-17,22,30H,5-6,15,18-19H2,1-4H3/p+1/b13-11+/t22-/m0/s1. The van der Waals surface area contributed by atoms with Crippen molar-refractivity contribution in [3.63, 3.8) is 0 Å². The van der Waals surface area contributed by atoms with Crippen LogP contribution in [-0.4, -0.2) is 55.9 Å². The average Bonchev–Trinajstić information content (AvgIpc) is 3.17. The monoisotopic (exact) mass is 451 g/mol. The molecule has 0 aliphatic carbocycles. The van der Waals surface area contributed by atoms with Gasteiger partial charge in [0.15, 0.2) is 17.3 Å². The number of methoxy groups -OCH3 is 2. The van der Waals surface area contributed by atoms with Crippen LogP contribution in [0.1, 0.15) is 35.7 Å². The number of aliphatic hydroxyl groups excluding tert-OH is 1. The molecule has 0 spiro atoms. The van der Waals surface area contributed by atoms with Gasteiger partial charge >= 0.3 is 0 Å². The zero-order valence-electron chi connectivity index (χ0n) is 20.0. The van der Waals surface area contributed by atoms with E-state index in [0.717, 1.165) is 35.9 Å². The molecule has 0 saturated carbocycles. The third kappa shape index (κ3) is 6.24. The zero-order valence-corrected chi connectivity index (χ0v) is 20.0. The molecule has 0 aliphatic heterocycles. The molecule has 1 aromatic heterocycles. The van der Waals surface area contributed by atoms with Crippen LogP contribution in [0, 0.1) is 0 Å². The Morgan fingerprint density at radius 2 is 1.91 bits per heavy atom. The SMILES string of the molecule is CCCC[NH+](C)C[C@H](O)Cn1cc(/C=C/C(=O)c2ccc(OC)c(OC)c2)c2ccccc21. The summed E-state index contributed by atoms with van der Waals surface area (Å²) in [5, 5.41) is 11.7. The van der Waals surface area contributed by atoms with Gasteiger partial charge in [0.1, 0.15) is 12.6 Å². The quantitative estimate of drug-likeness (QED) is 0.328. The number of likely N-dealkylation sites (N-methyl/N-ethyl adjacent to an activating group) is 1. The van der Waals surface area contributed by atoms with Gasteiger partial charge in [0.05, 0.1) is 34.4 Å². The number of unbranched alkanes of at least 4 members (excludes halogenated alkanes) is 1. The summed E-state index contributed by atoms with van der Waals surface area (Å²) in [5.41, 5.74) is 2.51. The minimum Gasteiger partial charge on any atom is -0.493 e. The minimum absolute atomic E-state index is 0.117. The van der Waals surface area contributed by atoms with Crippen molar-refractivity contribution >= 4 is 22.8 Å². The molecule has 0 fully saturated rings. The molecule has 3 aromatic rings. The number of benzene rings is 2. The van der Waals surface area contributed by atoms with Crippen molar-refractivity contribution < 1.29 is 24.3 Å². The van der Waals surface area contributed by atoms with Crippen LogP contribution in [0.25, 0.3) is 17.0 Å². The lowest BCUT2D eigenvalue weighted by molar-refractivity contribution is -0.883. The number of ether oxygens (including phenoxy) is 2. The van der Waals surface area contributed by atoms with Crippen LogP contribution in [0.3, 0.4) is 0 Å².